The van der Waals surface area contributed by atoms with E-state index in [0.29, 0.717) is 17.0 Å². The zero-order valence-electron chi connectivity index (χ0n) is 11.3. The van der Waals surface area contributed by atoms with E-state index >= 15 is 0 Å². The van der Waals surface area contributed by atoms with Crippen LogP contribution >= 0.6 is 11.8 Å². The first kappa shape index (κ1) is 13.2. The van der Waals surface area contributed by atoms with Gasteiger partial charge in [-0.15, -0.1) is 0 Å². The molecule has 5 nitrogen and oxygen atoms in total. The van der Waals surface area contributed by atoms with Crippen molar-refractivity contribution in [3.8, 4) is 0 Å². The highest BCUT2D eigenvalue weighted by Gasteiger charge is 2.27. The predicted molar refractivity (Wildman–Crippen MR) is 80.4 cm³/mol. The molecule has 2 N–H and O–H groups in total. The van der Waals surface area contributed by atoms with E-state index in [1.54, 1.807) is 30.0 Å². The van der Waals surface area contributed by atoms with Crippen LogP contribution in [0.3, 0.4) is 0 Å². The number of carbonyl (C=O) groups excluding carboxylic acids is 2. The second-order valence-corrected chi connectivity index (χ2v) is 6.14. The van der Waals surface area contributed by atoms with E-state index in [1.165, 1.54) is 0 Å². The molecule has 0 aliphatic carbocycles. The number of aliphatic imine (C=N–C) groups is 1. The van der Waals surface area contributed by atoms with Crippen molar-refractivity contribution in [2.75, 3.05) is 11.1 Å². The molecule has 0 aromatic heterocycles. The van der Waals surface area contributed by atoms with Gasteiger partial charge in [0, 0.05) is 11.4 Å². The molecule has 0 radical (unpaired) electrons. The molecule has 3 rings (SSSR count). The summed E-state index contributed by atoms with van der Waals surface area (Å²) in [5.41, 5.74) is 1.63. The number of anilines is 1. The van der Waals surface area contributed by atoms with E-state index in [0.717, 1.165) is 16.6 Å². The molecule has 20 heavy (non-hydrogen) atoms. The summed E-state index contributed by atoms with van der Waals surface area (Å²) in [6.07, 6.45) is 0. The lowest BCUT2D eigenvalue weighted by Gasteiger charge is -2.23. The molecule has 2 atom stereocenters. The number of thioether (sulfide) groups is 1. The van der Waals surface area contributed by atoms with Gasteiger partial charge in [0.1, 0.15) is 0 Å². The van der Waals surface area contributed by atoms with Crippen molar-refractivity contribution < 1.29 is 9.59 Å². The van der Waals surface area contributed by atoms with Crippen LogP contribution in [0, 0.1) is 5.92 Å². The Bertz CT molecular complexity index is 627. The Morgan fingerprint density at radius 3 is 2.75 bits per heavy atom. The maximum atomic E-state index is 11.6. The quantitative estimate of drug-likeness (QED) is 0.777. The summed E-state index contributed by atoms with van der Waals surface area (Å²) in [6, 6.07) is 5.44. The van der Waals surface area contributed by atoms with Gasteiger partial charge in [0.2, 0.25) is 0 Å². The van der Waals surface area contributed by atoms with Crippen molar-refractivity contribution in [3.63, 3.8) is 0 Å². The zero-order valence-corrected chi connectivity index (χ0v) is 12.1. The Balaban J connectivity index is 1.83. The lowest BCUT2D eigenvalue weighted by Crippen LogP contribution is -2.25. The van der Waals surface area contributed by atoms with E-state index in [-0.39, 0.29) is 17.9 Å². The normalized spacial score (nSPS) is 25.0. The highest BCUT2D eigenvalue weighted by atomic mass is 32.2. The van der Waals surface area contributed by atoms with Crippen molar-refractivity contribution in [3.05, 3.63) is 29.3 Å². The van der Waals surface area contributed by atoms with Gasteiger partial charge in [-0.1, -0.05) is 18.7 Å². The van der Waals surface area contributed by atoms with Gasteiger partial charge >= 0.3 is 0 Å². The number of nitrogens with one attached hydrogen (secondary N) is 2. The minimum absolute atomic E-state index is 0.290. The smallest absolute Gasteiger partial charge is 0.259 e. The standard InChI is InChI=1S/C14H15N3O2S/c1-7-6-20-14(15-8(7)2)16-9-3-4-10-11(5-9)13(19)17-12(10)18/h3-5,7-8H,6H2,1-2H3,(H,15,16)(H,17,18,19). The molecular weight excluding hydrogens is 274 g/mol. The number of fused-ring (bicyclic) bond motifs is 1. The highest BCUT2D eigenvalue weighted by Crippen LogP contribution is 2.25. The Morgan fingerprint density at radius 2 is 2.00 bits per heavy atom. The number of benzene rings is 1. The average molecular weight is 289 g/mol. The van der Waals surface area contributed by atoms with Crippen LogP contribution in [-0.4, -0.2) is 28.8 Å². The summed E-state index contributed by atoms with van der Waals surface area (Å²) in [6.45, 7) is 4.28. The molecule has 0 saturated heterocycles. The summed E-state index contributed by atoms with van der Waals surface area (Å²) >= 11 is 1.68. The zero-order chi connectivity index (χ0) is 14.3. The number of hydrogen-bond acceptors (Lipinski definition) is 5. The monoisotopic (exact) mass is 289 g/mol. The fourth-order valence-electron chi connectivity index (χ4n) is 2.14. The van der Waals surface area contributed by atoms with Crippen molar-refractivity contribution in [1.29, 1.82) is 0 Å². The molecule has 2 heterocycles. The molecule has 2 amide bonds. The average Bonchev–Trinajstić information content (AvgIpc) is 2.69. The van der Waals surface area contributed by atoms with Crippen LogP contribution in [0.5, 0.6) is 0 Å². The minimum Gasteiger partial charge on any atom is -0.335 e. The number of amides is 2. The van der Waals surface area contributed by atoms with Crippen LogP contribution < -0.4 is 10.6 Å². The second kappa shape index (κ2) is 4.94. The Hall–Kier alpha value is -1.82. The highest BCUT2D eigenvalue weighted by molar-refractivity contribution is 8.14. The molecule has 0 spiro atoms. The van der Waals surface area contributed by atoms with Crippen LogP contribution in [0.15, 0.2) is 23.2 Å². The van der Waals surface area contributed by atoms with Gasteiger partial charge in [-0.25, -0.2) is 0 Å². The molecule has 1 aromatic carbocycles. The van der Waals surface area contributed by atoms with E-state index in [9.17, 15) is 9.59 Å². The number of nitrogens with zero attached hydrogens (tertiary/aromatic N) is 1. The van der Waals surface area contributed by atoms with Gasteiger partial charge in [0.15, 0.2) is 5.17 Å². The first-order chi connectivity index (χ1) is 9.54. The lowest BCUT2D eigenvalue weighted by molar-refractivity contribution is 0.0879. The number of rotatable bonds is 1. The Morgan fingerprint density at radius 1 is 1.25 bits per heavy atom. The SMILES string of the molecule is CC1CSC(Nc2ccc3c(c2)C(=O)NC3=O)=NC1C. The molecular formula is C14H15N3O2S. The Labute approximate surface area is 121 Å². The maximum Gasteiger partial charge on any atom is 0.259 e. The summed E-state index contributed by atoms with van der Waals surface area (Å²) < 4.78 is 0. The molecule has 6 heteroatoms. The van der Waals surface area contributed by atoms with Crippen LogP contribution in [0.2, 0.25) is 0 Å². The summed E-state index contributed by atoms with van der Waals surface area (Å²) in [5, 5.41) is 6.36. The summed E-state index contributed by atoms with van der Waals surface area (Å²) in [4.78, 5) is 27.7. The van der Waals surface area contributed by atoms with Crippen molar-refractivity contribution in [2.45, 2.75) is 19.9 Å². The summed E-state index contributed by atoms with van der Waals surface area (Å²) in [7, 11) is 0. The van der Waals surface area contributed by atoms with Gasteiger partial charge in [-0.2, -0.15) is 0 Å². The van der Waals surface area contributed by atoms with E-state index in [2.05, 4.69) is 29.5 Å². The third-order valence-electron chi connectivity index (χ3n) is 3.61. The molecule has 2 aliphatic heterocycles. The Kier molecular flexibility index (Phi) is 3.25. The van der Waals surface area contributed by atoms with Crippen LogP contribution in [0.25, 0.3) is 0 Å². The largest absolute Gasteiger partial charge is 0.335 e. The predicted octanol–water partition coefficient (Wildman–Crippen LogP) is 2.11. The minimum atomic E-state index is -0.339. The number of imide groups is 1. The van der Waals surface area contributed by atoms with Crippen molar-refractivity contribution >= 4 is 34.4 Å². The molecule has 0 saturated carbocycles. The van der Waals surface area contributed by atoms with Gasteiger partial charge in [-0.05, 0) is 31.0 Å². The van der Waals surface area contributed by atoms with Crippen LogP contribution in [0.4, 0.5) is 5.69 Å². The summed E-state index contributed by atoms with van der Waals surface area (Å²) in [5.74, 6) is 0.919. The van der Waals surface area contributed by atoms with Gasteiger partial charge in [-0.3, -0.25) is 19.9 Å². The van der Waals surface area contributed by atoms with Crippen LogP contribution in [-0.2, 0) is 0 Å². The van der Waals surface area contributed by atoms with E-state index in [1.807, 2.05) is 0 Å². The third kappa shape index (κ3) is 2.31. The molecule has 0 fully saturated rings. The number of hydrogen-bond donors (Lipinski definition) is 2. The number of amidine groups is 1. The molecule has 0 bridgehead atoms. The number of carbonyl (C=O) groups is 2. The first-order valence-corrected chi connectivity index (χ1v) is 7.50. The fraction of sp³-hybridized carbons (Fsp3) is 0.357. The molecule has 1 aromatic rings. The molecule has 2 unspecified atom stereocenters. The van der Waals surface area contributed by atoms with E-state index < -0.39 is 0 Å². The lowest BCUT2D eigenvalue weighted by atomic mass is 10.1. The first-order valence-electron chi connectivity index (χ1n) is 6.52. The van der Waals surface area contributed by atoms with Gasteiger partial charge in [0.25, 0.3) is 11.8 Å². The van der Waals surface area contributed by atoms with Gasteiger partial charge < -0.3 is 5.32 Å². The van der Waals surface area contributed by atoms with Crippen molar-refractivity contribution in [2.24, 2.45) is 10.9 Å². The molecule has 104 valence electrons. The second-order valence-electron chi connectivity index (χ2n) is 5.13. The topological polar surface area (TPSA) is 70.6 Å². The molecule has 2 aliphatic rings. The fourth-order valence-corrected chi connectivity index (χ4v) is 3.27. The van der Waals surface area contributed by atoms with Crippen molar-refractivity contribution in [1.82, 2.24) is 5.32 Å². The van der Waals surface area contributed by atoms with Crippen LogP contribution in [0.1, 0.15) is 34.6 Å². The maximum absolute atomic E-state index is 11.6. The van der Waals surface area contributed by atoms with Gasteiger partial charge in [0.05, 0.1) is 17.2 Å². The third-order valence-corrected chi connectivity index (χ3v) is 4.79. The van der Waals surface area contributed by atoms with E-state index in [4.69, 9.17) is 0 Å².